The Bertz CT molecular complexity index is 1880. The number of para-hydroxylation sites is 2. The molecule has 13 nitrogen and oxygen atoms in total. The van der Waals surface area contributed by atoms with Crippen LogP contribution in [-0.2, 0) is 24.5 Å². The molecule has 56 heavy (non-hydrogen) atoms. The average Bonchev–Trinajstić information content (AvgIpc) is 3.69. The van der Waals surface area contributed by atoms with Crippen molar-refractivity contribution in [1.82, 2.24) is 25.8 Å². The quantitative estimate of drug-likeness (QED) is 0.364. The lowest BCUT2D eigenvalue weighted by atomic mass is 9.74. The van der Waals surface area contributed by atoms with Crippen LogP contribution in [0.25, 0.3) is 0 Å². The molecule has 3 aromatic carbocycles. The van der Waals surface area contributed by atoms with Crippen LogP contribution in [0.5, 0.6) is 11.5 Å². The minimum absolute atomic E-state index is 0.0168. The van der Waals surface area contributed by atoms with Gasteiger partial charge in [0, 0.05) is 51.7 Å². The van der Waals surface area contributed by atoms with Gasteiger partial charge in [0.15, 0.2) is 0 Å². The highest BCUT2D eigenvalue weighted by Crippen LogP contribution is 2.35. The lowest BCUT2D eigenvalue weighted by Gasteiger charge is -2.38. The summed E-state index contributed by atoms with van der Waals surface area (Å²) in [6, 6.07) is 18.5. The number of amides is 5. The molecule has 0 spiro atoms. The first kappa shape index (κ1) is 40.2. The second-order valence-corrected chi connectivity index (χ2v) is 14.6. The second-order valence-electron chi connectivity index (χ2n) is 14.6. The van der Waals surface area contributed by atoms with E-state index in [1.807, 2.05) is 6.07 Å². The van der Waals surface area contributed by atoms with E-state index in [0.717, 1.165) is 12.0 Å². The van der Waals surface area contributed by atoms with Crippen LogP contribution in [0, 0.1) is 5.82 Å². The minimum Gasteiger partial charge on any atom is -0.493 e. The molecule has 3 aliphatic heterocycles. The molecule has 2 atom stereocenters. The predicted octanol–water partition coefficient (Wildman–Crippen LogP) is 3.61. The highest BCUT2D eigenvalue weighted by atomic mass is 19.1. The Morgan fingerprint density at radius 2 is 1.62 bits per heavy atom. The van der Waals surface area contributed by atoms with Crippen molar-refractivity contribution in [2.75, 3.05) is 59.7 Å². The minimum atomic E-state index is -1.09. The zero-order valence-corrected chi connectivity index (χ0v) is 31.7. The van der Waals surface area contributed by atoms with Crippen LogP contribution in [0.4, 0.5) is 4.39 Å². The Morgan fingerprint density at radius 1 is 0.893 bits per heavy atom. The molecule has 0 saturated carbocycles. The molecular weight excluding hydrogens is 721 g/mol. The second kappa shape index (κ2) is 18.9. The number of ether oxygens (including phenoxy) is 3. The molecule has 2 fully saturated rings. The van der Waals surface area contributed by atoms with Crippen LogP contribution in [0.2, 0.25) is 0 Å². The summed E-state index contributed by atoms with van der Waals surface area (Å²) >= 11 is 0. The van der Waals surface area contributed by atoms with Crippen molar-refractivity contribution < 1.29 is 42.6 Å². The van der Waals surface area contributed by atoms with Crippen LogP contribution >= 0.6 is 0 Å². The molecule has 0 aromatic heterocycles. The smallest absolute Gasteiger partial charge is 0.257 e. The fourth-order valence-corrected chi connectivity index (χ4v) is 7.55. The molecule has 0 bridgehead atoms. The van der Waals surface area contributed by atoms with Crippen molar-refractivity contribution in [3.05, 3.63) is 95.3 Å². The standard InChI is InChI=1S/C42H50FN5O8/c1-47-26-37(49)44-20-8-22-55-35-14-4-2-12-32(35)39(51)46-34(40(52)45-28-42(18-23-54-24-19-42)29-9-6-10-30(43)25-29)16-17-38(50)48-21-7-11-31(48)27-56-36-15-5-3-13-33(36)41(47)53/h2-6,9-10,12-15,25,31,34H,7-8,11,16-24,26-28H2,1H3,(H,44,49)(H,45,52)(H,46,51)/t31-,34-/m0/s1. The van der Waals surface area contributed by atoms with Gasteiger partial charge in [0.05, 0.1) is 30.3 Å². The molecule has 3 N–H and O–H groups in total. The Labute approximate surface area is 326 Å². The lowest BCUT2D eigenvalue weighted by Crippen LogP contribution is -2.52. The van der Waals surface area contributed by atoms with Gasteiger partial charge in [-0.25, -0.2) is 4.39 Å². The Balaban J connectivity index is 1.23. The number of rotatable bonds is 4. The van der Waals surface area contributed by atoms with E-state index in [9.17, 15) is 28.4 Å². The van der Waals surface area contributed by atoms with Crippen LogP contribution < -0.4 is 25.4 Å². The van der Waals surface area contributed by atoms with Crippen molar-refractivity contribution in [3.63, 3.8) is 0 Å². The van der Waals surface area contributed by atoms with E-state index in [1.54, 1.807) is 66.5 Å². The predicted molar refractivity (Wildman–Crippen MR) is 205 cm³/mol. The molecule has 0 radical (unpaired) electrons. The number of likely N-dealkylation sites (N-methyl/N-ethyl adjacent to an activating group) is 1. The van der Waals surface area contributed by atoms with Crippen molar-refractivity contribution in [2.45, 2.75) is 62.4 Å². The topological polar surface area (TPSA) is 156 Å². The molecule has 2 saturated heterocycles. The number of carbonyl (C=O) groups excluding carboxylic acids is 5. The molecule has 5 amide bonds. The summed E-state index contributed by atoms with van der Waals surface area (Å²) < 4.78 is 32.1. The number of hydrogen-bond donors (Lipinski definition) is 3. The zero-order valence-electron chi connectivity index (χ0n) is 31.7. The molecule has 3 aliphatic rings. The van der Waals surface area contributed by atoms with Gasteiger partial charge >= 0.3 is 0 Å². The largest absolute Gasteiger partial charge is 0.493 e. The van der Waals surface area contributed by atoms with Crippen LogP contribution in [0.1, 0.15) is 71.2 Å². The summed E-state index contributed by atoms with van der Waals surface area (Å²) in [6.45, 7) is 1.99. The van der Waals surface area contributed by atoms with Gasteiger partial charge in [-0.15, -0.1) is 0 Å². The fourth-order valence-electron chi connectivity index (χ4n) is 7.55. The molecule has 3 aromatic rings. The Hall–Kier alpha value is -5.50. The molecule has 3 heterocycles. The number of benzene rings is 3. The summed E-state index contributed by atoms with van der Waals surface area (Å²) in [6.07, 6.45) is 2.97. The van der Waals surface area contributed by atoms with Crippen molar-refractivity contribution >= 4 is 29.5 Å². The van der Waals surface area contributed by atoms with Gasteiger partial charge in [-0.05, 0) is 80.5 Å². The maximum absolute atomic E-state index is 14.4. The third kappa shape index (κ3) is 10.0. The third-order valence-electron chi connectivity index (χ3n) is 10.8. The highest BCUT2D eigenvalue weighted by Gasteiger charge is 2.37. The number of fused-ring (bicyclic) bond motifs is 3. The molecule has 0 aliphatic carbocycles. The van der Waals surface area contributed by atoms with Crippen LogP contribution in [0.15, 0.2) is 72.8 Å². The molecule has 6 rings (SSSR count). The summed E-state index contributed by atoms with van der Waals surface area (Å²) in [7, 11) is 1.55. The first-order chi connectivity index (χ1) is 27.1. The lowest BCUT2D eigenvalue weighted by molar-refractivity contribution is -0.133. The van der Waals surface area contributed by atoms with E-state index in [1.165, 1.54) is 17.0 Å². The zero-order chi connectivity index (χ0) is 39.5. The van der Waals surface area contributed by atoms with Crippen molar-refractivity contribution in [1.29, 1.82) is 0 Å². The van der Waals surface area contributed by atoms with Gasteiger partial charge < -0.3 is 40.0 Å². The SMILES string of the molecule is CN1CC(=O)NCCCOc2ccccc2C(=O)N[C@H](C(=O)NCC2(c3cccc(F)c3)CCOCC2)CCC(=O)N2CCC[C@H]2COc2ccccc2C1=O. The van der Waals surface area contributed by atoms with Crippen LogP contribution in [0.3, 0.4) is 0 Å². The van der Waals surface area contributed by atoms with Crippen molar-refractivity contribution in [2.24, 2.45) is 0 Å². The normalized spacial score (nSPS) is 21.6. The fraction of sp³-hybridized carbons (Fsp3) is 0.452. The highest BCUT2D eigenvalue weighted by molar-refractivity contribution is 6.00. The first-order valence-electron chi connectivity index (χ1n) is 19.3. The van der Waals surface area contributed by atoms with E-state index in [2.05, 4.69) is 16.0 Å². The molecule has 14 heteroatoms. The van der Waals surface area contributed by atoms with E-state index in [4.69, 9.17) is 14.2 Å². The summed E-state index contributed by atoms with van der Waals surface area (Å²) in [5.74, 6) is -1.68. The average molecular weight is 772 g/mol. The van der Waals surface area contributed by atoms with Gasteiger partial charge in [-0.1, -0.05) is 36.4 Å². The maximum Gasteiger partial charge on any atom is 0.257 e. The first-order valence-corrected chi connectivity index (χ1v) is 19.3. The molecule has 298 valence electrons. The van der Waals surface area contributed by atoms with Gasteiger partial charge in [0.2, 0.25) is 17.7 Å². The van der Waals surface area contributed by atoms with Gasteiger partial charge in [0.25, 0.3) is 11.8 Å². The molecular formula is C42H50FN5O8. The van der Waals surface area contributed by atoms with Crippen molar-refractivity contribution in [3.8, 4) is 11.5 Å². The van der Waals surface area contributed by atoms with Crippen LogP contribution in [-0.4, -0.2) is 111 Å². The van der Waals surface area contributed by atoms with Gasteiger partial charge in [0.1, 0.15) is 30.0 Å². The van der Waals surface area contributed by atoms with E-state index < -0.39 is 23.3 Å². The summed E-state index contributed by atoms with van der Waals surface area (Å²) in [5, 5.41) is 8.70. The molecule has 0 unspecified atom stereocenters. The Morgan fingerprint density at radius 3 is 2.39 bits per heavy atom. The Kier molecular flexibility index (Phi) is 13.6. The van der Waals surface area contributed by atoms with Gasteiger partial charge in [-0.3, -0.25) is 24.0 Å². The van der Waals surface area contributed by atoms with E-state index >= 15 is 0 Å². The van der Waals surface area contributed by atoms with E-state index in [0.29, 0.717) is 62.5 Å². The van der Waals surface area contributed by atoms with E-state index in [-0.39, 0.29) is 80.8 Å². The summed E-state index contributed by atoms with van der Waals surface area (Å²) in [5.41, 5.74) is 0.677. The number of carbonyl (C=O) groups is 5. The third-order valence-corrected chi connectivity index (χ3v) is 10.8. The number of hydrogen-bond acceptors (Lipinski definition) is 8. The maximum atomic E-state index is 14.4. The van der Waals surface area contributed by atoms with Gasteiger partial charge in [-0.2, -0.15) is 0 Å². The monoisotopic (exact) mass is 771 g/mol. The number of halogens is 1. The number of nitrogens with one attached hydrogen (secondary N) is 3. The summed E-state index contributed by atoms with van der Waals surface area (Å²) in [4.78, 5) is 71.0. The number of nitrogens with zero attached hydrogens (tertiary/aromatic N) is 2.